The molecule has 0 fully saturated rings. The van der Waals surface area contributed by atoms with Crippen molar-refractivity contribution in [2.24, 2.45) is 0 Å². The van der Waals surface area contributed by atoms with E-state index in [2.05, 4.69) is 11.1 Å². The largest absolute Gasteiger partial charge is 2.00 e. The topological polar surface area (TPSA) is 14.1 Å². The zero-order valence-electron chi connectivity index (χ0n) is 7.70. The van der Waals surface area contributed by atoms with Crippen LogP contribution in [-0.2, 0) is 0 Å². The van der Waals surface area contributed by atoms with Gasteiger partial charge in [0.05, 0.1) is 0 Å². The van der Waals surface area contributed by atoms with E-state index in [1.165, 1.54) is 0 Å². The number of nitrogens with one attached hydrogen (secondary N) is 1. The molecule has 66 valence electrons. The summed E-state index contributed by atoms with van der Waals surface area (Å²) in [5.41, 5.74) is 2.19. The van der Waals surface area contributed by atoms with Crippen LogP contribution in [0.2, 0.25) is 0 Å². The molecule has 1 aromatic heterocycles. The van der Waals surface area contributed by atoms with Gasteiger partial charge in [-0.15, -0.1) is 30.3 Å². The summed E-state index contributed by atoms with van der Waals surface area (Å²) in [4.78, 5) is 3.15. The van der Waals surface area contributed by atoms with E-state index in [-0.39, 0.29) is 35.5 Å². The van der Waals surface area contributed by atoms with Gasteiger partial charge in [0.1, 0.15) is 5.69 Å². The number of H-pyrrole nitrogens is 1. The Morgan fingerprint density at radius 1 is 1.00 bits per heavy atom. The molecular weight excluding hydrogens is 206 g/mol. The third kappa shape index (κ3) is 3.29. The van der Waals surface area contributed by atoms with E-state index >= 15 is 0 Å². The molecule has 1 heterocycles. The summed E-state index contributed by atoms with van der Waals surface area (Å²) >= 11 is 0. The minimum absolute atomic E-state index is 0. The monoisotopic (exact) mass is 214 g/mol. The number of hydrogen-bond acceptors (Lipinski definition) is 0. The Morgan fingerprint density at radius 2 is 1.79 bits per heavy atom. The molecule has 1 nitrogen and oxygen atoms in total. The zero-order chi connectivity index (χ0) is 8.23. The van der Waals surface area contributed by atoms with E-state index in [1.54, 1.807) is 0 Å². The van der Waals surface area contributed by atoms with Crippen LogP contribution in [0.15, 0.2) is 48.7 Å². The van der Waals surface area contributed by atoms with Crippen LogP contribution in [0.3, 0.4) is 0 Å². The van der Waals surface area contributed by atoms with Crippen LogP contribution in [0.25, 0.3) is 11.3 Å². The number of pyridine rings is 1. The van der Waals surface area contributed by atoms with Crippen molar-refractivity contribution in [2.45, 2.75) is 0 Å². The van der Waals surface area contributed by atoms with Crippen LogP contribution in [0.1, 0.15) is 0 Å². The standard InChI is InChI=1S/C11H8N.ClH.Mg/c1-2-6-10(7-3-1)11-8-4-5-9-12-11;;/h1-6,8-9H;1H;/q-1;;+2. The Bertz CT molecular complexity index is 313. The quantitative estimate of drug-likeness (QED) is 0.410. The predicted molar refractivity (Wildman–Crippen MR) is 53.0 cm³/mol. The van der Waals surface area contributed by atoms with E-state index in [1.807, 2.05) is 48.7 Å². The molecule has 3 heteroatoms. The maximum absolute atomic E-state index is 3.15. The first-order chi connectivity index (χ1) is 5.97. The van der Waals surface area contributed by atoms with E-state index in [4.69, 9.17) is 0 Å². The summed E-state index contributed by atoms with van der Waals surface area (Å²) in [6.45, 7) is 0. The van der Waals surface area contributed by atoms with Gasteiger partial charge in [0.25, 0.3) is 0 Å². The minimum Gasteiger partial charge on any atom is -1.00 e. The number of benzene rings is 1. The van der Waals surface area contributed by atoms with Crippen molar-refractivity contribution in [3.05, 3.63) is 54.7 Å². The second kappa shape index (κ2) is 6.82. The van der Waals surface area contributed by atoms with Crippen molar-refractivity contribution in [1.82, 2.24) is 0 Å². The molecule has 0 saturated carbocycles. The van der Waals surface area contributed by atoms with E-state index in [9.17, 15) is 0 Å². The zero-order valence-corrected chi connectivity index (χ0v) is 9.87. The fourth-order valence-electron chi connectivity index (χ4n) is 1.12. The molecule has 0 saturated heterocycles. The number of rotatable bonds is 1. The van der Waals surface area contributed by atoms with E-state index in [0.29, 0.717) is 0 Å². The summed E-state index contributed by atoms with van der Waals surface area (Å²) < 4.78 is 0. The first-order valence-corrected chi connectivity index (χ1v) is 3.90. The van der Waals surface area contributed by atoms with Crippen LogP contribution < -0.4 is 17.4 Å². The Hall–Kier alpha value is -0.574. The van der Waals surface area contributed by atoms with Crippen LogP contribution >= 0.6 is 0 Å². The average Bonchev–Trinajstić information content (AvgIpc) is 2.21. The Morgan fingerprint density at radius 3 is 2.36 bits per heavy atom. The van der Waals surface area contributed by atoms with Gasteiger partial charge in [-0.1, -0.05) is 11.6 Å². The smallest absolute Gasteiger partial charge is 1.00 e. The van der Waals surface area contributed by atoms with Crippen LogP contribution in [0.5, 0.6) is 0 Å². The molecule has 0 atom stereocenters. The maximum Gasteiger partial charge on any atom is 2.00 e. The number of halogens is 1. The van der Waals surface area contributed by atoms with Crippen LogP contribution in [0, 0.1) is 6.07 Å². The van der Waals surface area contributed by atoms with Crippen molar-refractivity contribution in [3.8, 4) is 11.3 Å². The van der Waals surface area contributed by atoms with Crippen molar-refractivity contribution < 1.29 is 17.4 Å². The molecule has 1 N–H and O–H groups in total. The molecule has 2 rings (SSSR count). The van der Waals surface area contributed by atoms with Gasteiger partial charge < -0.3 is 12.4 Å². The molecule has 0 unspecified atom stereocenters. The van der Waals surface area contributed by atoms with Crippen molar-refractivity contribution in [1.29, 1.82) is 0 Å². The summed E-state index contributed by atoms with van der Waals surface area (Å²) in [5.74, 6) is 0. The molecule has 0 spiro atoms. The van der Waals surface area contributed by atoms with Gasteiger partial charge in [-0.25, -0.2) is 0 Å². The van der Waals surface area contributed by atoms with Gasteiger partial charge in [-0.05, 0) is 6.07 Å². The molecule has 14 heavy (non-hydrogen) atoms. The van der Waals surface area contributed by atoms with E-state index < -0.39 is 0 Å². The summed E-state index contributed by atoms with van der Waals surface area (Å²) in [7, 11) is 0. The third-order valence-corrected chi connectivity index (χ3v) is 1.71. The van der Waals surface area contributed by atoms with Gasteiger partial charge in [0, 0.05) is 6.07 Å². The molecule has 1 aromatic carbocycles. The molecule has 2 aromatic rings. The second-order valence-electron chi connectivity index (χ2n) is 2.55. The first kappa shape index (κ1) is 13.4. The van der Waals surface area contributed by atoms with Crippen molar-refractivity contribution in [3.63, 3.8) is 0 Å². The molecule has 0 amide bonds. The maximum atomic E-state index is 3.15. The summed E-state index contributed by atoms with van der Waals surface area (Å²) in [6, 6.07) is 17.1. The fourth-order valence-corrected chi connectivity index (χ4v) is 1.12. The predicted octanol–water partition coefficient (Wildman–Crippen LogP) is -1.41. The van der Waals surface area contributed by atoms with Gasteiger partial charge in [-0.2, -0.15) is 0 Å². The second-order valence-corrected chi connectivity index (χ2v) is 2.55. The molecule has 0 aliphatic carbocycles. The Kier molecular flexibility index (Phi) is 6.54. The average molecular weight is 215 g/mol. The van der Waals surface area contributed by atoms with Gasteiger partial charge in [0.2, 0.25) is 0 Å². The molecule has 0 aliphatic rings. The van der Waals surface area contributed by atoms with E-state index in [0.717, 1.165) is 11.3 Å². The van der Waals surface area contributed by atoms with Gasteiger partial charge in [-0.3, -0.25) is 4.98 Å². The minimum atomic E-state index is 0. The number of aromatic nitrogens is 1. The van der Waals surface area contributed by atoms with Crippen LogP contribution in [-0.4, -0.2) is 23.1 Å². The first-order valence-electron chi connectivity index (χ1n) is 3.90. The third-order valence-electron chi connectivity index (χ3n) is 1.71. The molecule has 0 bridgehead atoms. The SMILES string of the molecule is [Cl-].[Mg+2].[c-]1ccccc1-c1cccc[nH+]1. The van der Waals surface area contributed by atoms with Crippen molar-refractivity contribution in [2.75, 3.05) is 0 Å². The summed E-state index contributed by atoms with van der Waals surface area (Å²) in [6.07, 6.45) is 1.91. The number of aromatic amines is 1. The fraction of sp³-hybridized carbons (Fsp3) is 0. The molecular formula is C11H9ClMgN+. The molecule has 0 aliphatic heterocycles. The normalized spacial score (nSPS) is 8.29. The Balaban J connectivity index is 0.000000845. The summed E-state index contributed by atoms with van der Waals surface area (Å²) in [5, 5.41) is 0. The van der Waals surface area contributed by atoms with Crippen LogP contribution in [0.4, 0.5) is 0 Å². The van der Waals surface area contributed by atoms with Crippen molar-refractivity contribution >= 4 is 23.1 Å². The van der Waals surface area contributed by atoms with Gasteiger partial charge >= 0.3 is 23.1 Å². The number of hydrogen-bond donors (Lipinski definition) is 0. The molecule has 0 radical (unpaired) electrons. The Labute approximate surface area is 106 Å². The van der Waals surface area contributed by atoms with Gasteiger partial charge in [0.15, 0.2) is 6.20 Å².